The molecule has 0 aromatic heterocycles. The smallest absolute Gasteiger partial charge is 0.203 e. The quantitative estimate of drug-likeness (QED) is 0.888. The van der Waals surface area contributed by atoms with Gasteiger partial charge in [-0.25, -0.2) is 0 Å². The predicted molar refractivity (Wildman–Crippen MR) is 70.5 cm³/mol. The summed E-state index contributed by atoms with van der Waals surface area (Å²) in [6.45, 7) is 0. The van der Waals surface area contributed by atoms with Crippen LogP contribution in [-0.2, 0) is 0 Å². The zero-order chi connectivity index (χ0) is 12.8. The molecule has 2 N–H and O–H groups in total. The van der Waals surface area contributed by atoms with Crippen molar-refractivity contribution in [3.8, 4) is 23.3 Å². The Morgan fingerprint density at radius 2 is 1.78 bits per heavy atom. The number of benzene rings is 1. The Hall–Kier alpha value is -1.64. The van der Waals surface area contributed by atoms with Crippen LogP contribution < -0.4 is 19.9 Å². The lowest BCUT2D eigenvalue weighted by Gasteiger charge is -2.18. The molecule has 0 aliphatic carbocycles. The molecule has 0 saturated heterocycles. The summed E-state index contributed by atoms with van der Waals surface area (Å²) < 4.78 is 15.7. The van der Waals surface area contributed by atoms with Crippen LogP contribution in [0.4, 0.5) is 0 Å². The van der Waals surface area contributed by atoms with Crippen LogP contribution in [0.2, 0.25) is 0 Å². The topological polar surface area (TPSA) is 77.5 Å². The molecule has 0 aliphatic rings. The van der Waals surface area contributed by atoms with E-state index in [1.165, 1.54) is 14.2 Å². The third kappa shape index (κ3) is 3.19. The Bertz CT molecular complexity index is 432. The van der Waals surface area contributed by atoms with Crippen molar-refractivity contribution in [3.05, 3.63) is 17.7 Å². The molecule has 0 heterocycles. The molecule has 1 aromatic rings. The summed E-state index contributed by atoms with van der Waals surface area (Å²) in [6, 6.07) is 5.15. The van der Waals surface area contributed by atoms with E-state index < -0.39 is 6.04 Å². The molecule has 100 valence electrons. The fourth-order valence-electron chi connectivity index (χ4n) is 1.62. The largest absolute Gasteiger partial charge is 0.493 e. The highest BCUT2D eigenvalue weighted by Crippen LogP contribution is 2.41. The van der Waals surface area contributed by atoms with Gasteiger partial charge in [-0.05, 0) is 12.1 Å². The van der Waals surface area contributed by atoms with Crippen LogP contribution in [0.5, 0.6) is 17.2 Å². The number of ether oxygens (including phenoxy) is 3. The normalized spacial score (nSPS) is 10.8. The number of methoxy groups -OCH3 is 3. The maximum absolute atomic E-state index is 8.66. The number of nitrogens with two attached hydrogens (primary N) is 1. The summed E-state index contributed by atoms with van der Waals surface area (Å²) in [6.07, 6.45) is 0.214. The van der Waals surface area contributed by atoms with Gasteiger partial charge in [0, 0.05) is 11.6 Å². The molecule has 6 heteroatoms. The van der Waals surface area contributed by atoms with Crippen molar-refractivity contribution in [2.45, 2.75) is 12.5 Å². The maximum Gasteiger partial charge on any atom is 0.203 e. The van der Waals surface area contributed by atoms with Crippen LogP contribution in [0.15, 0.2) is 12.1 Å². The van der Waals surface area contributed by atoms with Gasteiger partial charge in [-0.2, -0.15) is 5.26 Å². The molecule has 1 rings (SSSR count). The fraction of sp³-hybridized carbons (Fsp3) is 0.417. The Kier molecular flexibility index (Phi) is 6.94. The van der Waals surface area contributed by atoms with Crippen LogP contribution in [0.25, 0.3) is 0 Å². The fourth-order valence-corrected chi connectivity index (χ4v) is 1.62. The zero-order valence-electron chi connectivity index (χ0n) is 10.6. The lowest BCUT2D eigenvalue weighted by molar-refractivity contribution is 0.321. The first-order chi connectivity index (χ1) is 8.19. The van der Waals surface area contributed by atoms with Crippen molar-refractivity contribution < 1.29 is 14.2 Å². The van der Waals surface area contributed by atoms with Crippen molar-refractivity contribution in [2.24, 2.45) is 5.73 Å². The van der Waals surface area contributed by atoms with Crippen molar-refractivity contribution >= 4 is 12.4 Å². The number of rotatable bonds is 5. The highest BCUT2D eigenvalue weighted by molar-refractivity contribution is 5.85. The highest BCUT2D eigenvalue weighted by Gasteiger charge is 2.19. The molecule has 0 bridgehead atoms. The van der Waals surface area contributed by atoms with Crippen LogP contribution in [-0.4, -0.2) is 21.3 Å². The van der Waals surface area contributed by atoms with E-state index in [9.17, 15) is 0 Å². The average molecular weight is 273 g/mol. The summed E-state index contributed by atoms with van der Waals surface area (Å²) in [7, 11) is 4.60. The first-order valence-electron chi connectivity index (χ1n) is 5.11. The van der Waals surface area contributed by atoms with E-state index in [-0.39, 0.29) is 18.8 Å². The van der Waals surface area contributed by atoms with Gasteiger partial charge >= 0.3 is 0 Å². The average Bonchev–Trinajstić information content (AvgIpc) is 2.36. The molecule has 0 amide bonds. The molecular weight excluding hydrogens is 256 g/mol. The number of nitriles is 1. The molecule has 0 saturated carbocycles. The third-order valence-corrected chi connectivity index (χ3v) is 2.45. The molecule has 0 unspecified atom stereocenters. The Balaban J connectivity index is 0.00000289. The van der Waals surface area contributed by atoms with E-state index in [2.05, 4.69) is 0 Å². The molecule has 5 nitrogen and oxygen atoms in total. The van der Waals surface area contributed by atoms with Gasteiger partial charge < -0.3 is 19.9 Å². The lowest BCUT2D eigenvalue weighted by Crippen LogP contribution is -2.11. The van der Waals surface area contributed by atoms with Crippen LogP contribution in [0, 0.1) is 11.3 Å². The van der Waals surface area contributed by atoms with Crippen molar-refractivity contribution in [3.63, 3.8) is 0 Å². The summed E-state index contributed by atoms with van der Waals surface area (Å²) >= 11 is 0. The van der Waals surface area contributed by atoms with Gasteiger partial charge in [-0.3, -0.25) is 0 Å². The molecule has 1 atom stereocenters. The van der Waals surface area contributed by atoms with E-state index in [1.807, 2.05) is 6.07 Å². The van der Waals surface area contributed by atoms with Gasteiger partial charge in [0.1, 0.15) is 0 Å². The Morgan fingerprint density at radius 1 is 1.17 bits per heavy atom. The van der Waals surface area contributed by atoms with Gasteiger partial charge in [0.25, 0.3) is 0 Å². The number of hydrogen-bond donors (Lipinski definition) is 1. The summed E-state index contributed by atoms with van der Waals surface area (Å²) in [5.74, 6) is 1.56. The van der Waals surface area contributed by atoms with Gasteiger partial charge in [0.05, 0.1) is 33.8 Å². The maximum atomic E-state index is 8.66. The monoisotopic (exact) mass is 272 g/mol. The molecule has 0 radical (unpaired) electrons. The van der Waals surface area contributed by atoms with Crippen molar-refractivity contribution in [1.82, 2.24) is 0 Å². The minimum absolute atomic E-state index is 0. The van der Waals surface area contributed by atoms with Crippen LogP contribution in [0.3, 0.4) is 0 Å². The van der Waals surface area contributed by atoms with E-state index in [0.29, 0.717) is 17.2 Å². The summed E-state index contributed by atoms with van der Waals surface area (Å²) in [5, 5.41) is 8.66. The van der Waals surface area contributed by atoms with Crippen LogP contribution in [0.1, 0.15) is 18.0 Å². The van der Waals surface area contributed by atoms with Crippen molar-refractivity contribution in [2.75, 3.05) is 21.3 Å². The molecule has 1 aromatic carbocycles. The van der Waals surface area contributed by atoms with Gasteiger partial charge in [-0.15, -0.1) is 12.4 Å². The first kappa shape index (κ1) is 16.4. The summed E-state index contributed by atoms with van der Waals surface area (Å²) in [5.41, 5.74) is 6.63. The van der Waals surface area contributed by atoms with Gasteiger partial charge in [-0.1, -0.05) is 0 Å². The van der Waals surface area contributed by atoms with Gasteiger partial charge in [0.2, 0.25) is 5.75 Å². The van der Waals surface area contributed by atoms with Crippen LogP contribution >= 0.6 is 12.4 Å². The molecule has 18 heavy (non-hydrogen) atoms. The first-order valence-corrected chi connectivity index (χ1v) is 5.11. The predicted octanol–water partition coefficient (Wildman–Crippen LogP) is 2.05. The van der Waals surface area contributed by atoms with E-state index >= 15 is 0 Å². The minimum atomic E-state index is -0.408. The molecule has 0 aliphatic heterocycles. The van der Waals surface area contributed by atoms with Gasteiger partial charge in [0.15, 0.2) is 11.5 Å². The highest BCUT2D eigenvalue weighted by atomic mass is 35.5. The second-order valence-electron chi connectivity index (χ2n) is 3.39. The zero-order valence-corrected chi connectivity index (χ0v) is 11.4. The van der Waals surface area contributed by atoms with E-state index in [1.54, 1.807) is 19.2 Å². The minimum Gasteiger partial charge on any atom is -0.493 e. The molecular formula is C12H17ClN2O3. The van der Waals surface area contributed by atoms with E-state index in [4.69, 9.17) is 25.2 Å². The molecule has 0 fully saturated rings. The SMILES string of the molecule is COc1ccc([C@@H](N)CC#N)c(OC)c1OC.Cl. The number of halogens is 1. The second kappa shape index (κ2) is 7.64. The lowest BCUT2D eigenvalue weighted by atomic mass is 10.0. The molecule has 0 spiro atoms. The standard InChI is InChI=1S/C12H16N2O3.ClH/c1-15-10-5-4-8(9(14)6-7-13)11(16-2)12(10)17-3;/h4-5,9H,6,14H2,1-3H3;1H/t9-;/m0./s1. The second-order valence-corrected chi connectivity index (χ2v) is 3.39. The van der Waals surface area contributed by atoms with E-state index in [0.717, 1.165) is 5.56 Å². The Morgan fingerprint density at radius 3 is 2.22 bits per heavy atom. The number of nitrogens with zero attached hydrogens (tertiary/aromatic N) is 1. The van der Waals surface area contributed by atoms with Crippen molar-refractivity contribution in [1.29, 1.82) is 5.26 Å². The summed E-state index contributed by atoms with van der Waals surface area (Å²) in [4.78, 5) is 0. The number of hydrogen-bond acceptors (Lipinski definition) is 5. The third-order valence-electron chi connectivity index (χ3n) is 2.45. The Labute approximate surface area is 113 Å².